The number of carbonyl (C=O) groups is 4. The molecule has 0 amide bonds. The first-order valence-corrected chi connectivity index (χ1v) is 13.4. The number of hydrogen-bond donors (Lipinski definition) is 5. The minimum absolute atomic E-state index is 0.207. The monoisotopic (exact) mass is 602 g/mol. The van der Waals surface area contributed by atoms with Crippen LogP contribution in [0.2, 0.25) is 0 Å². The Morgan fingerprint density at radius 1 is 0.810 bits per heavy atom. The standard InChI is InChI=1S/C20H23FN4S.2C4H4O4/c21-17-6-7-18-19(14-17)26-20(23-18)22-8-9-24-10-12-25(13-11-24)15-16-4-2-1-3-5-16;2*5-3(6)1-2-4(7)8/h1-7,14H,8-13,15H2,(H,22,23);2*1-2H,(H,5,6)(H,7,8). The summed E-state index contributed by atoms with van der Waals surface area (Å²) < 4.78 is 14.1. The summed E-state index contributed by atoms with van der Waals surface area (Å²) in [6.07, 6.45) is 2.23. The highest BCUT2D eigenvalue weighted by molar-refractivity contribution is 7.22. The van der Waals surface area contributed by atoms with E-state index in [1.165, 1.54) is 23.0 Å². The van der Waals surface area contributed by atoms with Gasteiger partial charge in [0.1, 0.15) is 5.82 Å². The second-order valence-electron chi connectivity index (χ2n) is 8.68. The van der Waals surface area contributed by atoms with Gasteiger partial charge in [-0.1, -0.05) is 41.7 Å². The van der Waals surface area contributed by atoms with E-state index in [9.17, 15) is 23.6 Å². The van der Waals surface area contributed by atoms with Gasteiger partial charge in [-0.15, -0.1) is 0 Å². The van der Waals surface area contributed by atoms with Crippen molar-refractivity contribution in [1.29, 1.82) is 0 Å². The van der Waals surface area contributed by atoms with Crippen LogP contribution in [-0.4, -0.2) is 98.4 Å². The summed E-state index contributed by atoms with van der Waals surface area (Å²) in [6, 6.07) is 15.4. The van der Waals surface area contributed by atoms with Crippen molar-refractivity contribution in [3.05, 3.63) is 84.2 Å². The van der Waals surface area contributed by atoms with Gasteiger partial charge < -0.3 is 25.7 Å². The Balaban J connectivity index is 0.000000319. The third-order valence-electron chi connectivity index (χ3n) is 5.51. The third kappa shape index (κ3) is 14.1. The molecule has 12 nitrogen and oxygen atoms in total. The number of nitrogens with zero attached hydrogens (tertiary/aromatic N) is 3. The lowest BCUT2D eigenvalue weighted by molar-refractivity contribution is -0.134. The van der Waals surface area contributed by atoms with Crippen molar-refractivity contribution in [3.63, 3.8) is 0 Å². The number of nitrogens with one attached hydrogen (secondary N) is 1. The topological polar surface area (TPSA) is 181 Å². The SMILES string of the molecule is Fc1ccc2nc(NCCN3CCN(Cc4ccccc4)CC3)sc2c1.O=C(O)C=CC(=O)O.O=C(O)C=CC(=O)O. The van der Waals surface area contributed by atoms with Gasteiger partial charge in [-0.05, 0) is 23.8 Å². The first-order valence-electron chi connectivity index (χ1n) is 12.6. The zero-order chi connectivity index (χ0) is 30.9. The number of hydrogen-bond acceptors (Lipinski definition) is 9. The van der Waals surface area contributed by atoms with Crippen LogP contribution in [0.5, 0.6) is 0 Å². The number of benzene rings is 2. The van der Waals surface area contributed by atoms with E-state index in [0.717, 1.165) is 61.2 Å². The van der Waals surface area contributed by atoms with Gasteiger partial charge in [0.15, 0.2) is 5.13 Å². The molecule has 0 aliphatic carbocycles. The van der Waals surface area contributed by atoms with Crippen molar-refractivity contribution in [2.24, 2.45) is 0 Å². The van der Waals surface area contributed by atoms with Gasteiger partial charge in [-0.3, -0.25) is 9.80 Å². The molecule has 14 heteroatoms. The molecule has 0 bridgehead atoms. The van der Waals surface area contributed by atoms with Crippen molar-refractivity contribution in [3.8, 4) is 0 Å². The predicted molar refractivity (Wildman–Crippen MR) is 155 cm³/mol. The highest BCUT2D eigenvalue weighted by atomic mass is 32.1. The molecule has 2 heterocycles. The molecule has 0 saturated carbocycles. The van der Waals surface area contributed by atoms with Crippen LogP contribution in [-0.2, 0) is 25.7 Å². The number of rotatable bonds is 10. The molecule has 1 aliphatic rings. The van der Waals surface area contributed by atoms with Crippen molar-refractivity contribution in [2.75, 3.05) is 44.6 Å². The smallest absolute Gasteiger partial charge is 0.328 e. The van der Waals surface area contributed by atoms with Gasteiger partial charge in [-0.25, -0.2) is 28.6 Å². The molecule has 1 aromatic heterocycles. The fraction of sp³-hybridized carbons (Fsp3) is 0.250. The molecular formula is C28H31FN4O8S. The number of fused-ring (bicyclic) bond motifs is 1. The second kappa shape index (κ2) is 17.9. The molecule has 42 heavy (non-hydrogen) atoms. The van der Waals surface area contributed by atoms with Gasteiger partial charge >= 0.3 is 23.9 Å². The molecule has 1 saturated heterocycles. The van der Waals surface area contributed by atoms with Crippen molar-refractivity contribution in [2.45, 2.75) is 6.54 Å². The van der Waals surface area contributed by atoms with Crippen LogP contribution in [0.25, 0.3) is 10.2 Å². The summed E-state index contributed by atoms with van der Waals surface area (Å²) in [4.78, 5) is 47.7. The van der Waals surface area contributed by atoms with Crippen LogP contribution >= 0.6 is 11.3 Å². The molecule has 0 atom stereocenters. The zero-order valence-electron chi connectivity index (χ0n) is 22.4. The number of halogens is 1. The Bertz CT molecular complexity index is 1320. The number of piperazine rings is 1. The Morgan fingerprint density at radius 2 is 1.33 bits per heavy atom. The van der Waals surface area contributed by atoms with Crippen LogP contribution in [0.4, 0.5) is 9.52 Å². The first-order chi connectivity index (χ1) is 20.0. The Kier molecular flexibility index (Phi) is 14.3. The number of carboxylic acids is 4. The Hall–Kier alpha value is -4.66. The van der Waals surface area contributed by atoms with Crippen LogP contribution < -0.4 is 5.32 Å². The third-order valence-corrected chi connectivity index (χ3v) is 6.48. The van der Waals surface area contributed by atoms with E-state index in [4.69, 9.17) is 20.4 Å². The van der Waals surface area contributed by atoms with Crippen molar-refractivity contribution < 1.29 is 44.0 Å². The van der Waals surface area contributed by atoms with Gasteiger partial charge in [0, 0.05) is 70.1 Å². The normalized spacial score (nSPS) is 13.6. The van der Waals surface area contributed by atoms with E-state index in [1.807, 2.05) is 0 Å². The summed E-state index contributed by atoms with van der Waals surface area (Å²) >= 11 is 1.51. The molecule has 5 N–H and O–H groups in total. The predicted octanol–water partition coefficient (Wildman–Crippen LogP) is 3.09. The summed E-state index contributed by atoms with van der Waals surface area (Å²) in [5.74, 6) is -5.24. The van der Waals surface area contributed by atoms with E-state index in [1.54, 1.807) is 12.1 Å². The summed E-state index contributed by atoms with van der Waals surface area (Å²) in [5.41, 5.74) is 2.24. The summed E-state index contributed by atoms with van der Waals surface area (Å²) in [6.45, 7) is 7.31. The van der Waals surface area contributed by atoms with E-state index in [-0.39, 0.29) is 5.82 Å². The van der Waals surface area contributed by atoms with Gasteiger partial charge in [-0.2, -0.15) is 0 Å². The number of aliphatic carboxylic acids is 4. The van der Waals surface area contributed by atoms with Crippen LogP contribution in [0, 0.1) is 5.82 Å². The molecule has 0 spiro atoms. The average Bonchev–Trinajstić information content (AvgIpc) is 3.35. The average molecular weight is 603 g/mol. The molecule has 1 fully saturated rings. The maximum absolute atomic E-state index is 13.3. The van der Waals surface area contributed by atoms with Crippen molar-refractivity contribution in [1.82, 2.24) is 14.8 Å². The molecule has 0 unspecified atom stereocenters. The fourth-order valence-corrected chi connectivity index (χ4v) is 4.51. The van der Waals surface area contributed by atoms with Gasteiger partial charge in [0.05, 0.1) is 10.2 Å². The van der Waals surface area contributed by atoms with Crippen LogP contribution in [0.15, 0.2) is 72.8 Å². The highest BCUT2D eigenvalue weighted by Crippen LogP contribution is 2.26. The minimum atomic E-state index is -1.26. The van der Waals surface area contributed by atoms with E-state index in [2.05, 4.69) is 50.4 Å². The second-order valence-corrected chi connectivity index (χ2v) is 9.71. The van der Waals surface area contributed by atoms with Crippen LogP contribution in [0.1, 0.15) is 5.56 Å². The number of thiazole rings is 1. The van der Waals surface area contributed by atoms with Gasteiger partial charge in [0.2, 0.25) is 0 Å². The fourth-order valence-electron chi connectivity index (χ4n) is 3.59. The number of carboxylic acid groups (broad SMARTS) is 4. The van der Waals surface area contributed by atoms with Gasteiger partial charge in [0.25, 0.3) is 0 Å². The summed E-state index contributed by atoms with van der Waals surface area (Å²) in [7, 11) is 0. The lowest BCUT2D eigenvalue weighted by atomic mass is 10.2. The Labute approximate surface area is 244 Å². The Morgan fingerprint density at radius 3 is 1.86 bits per heavy atom. The van der Waals surface area contributed by atoms with E-state index < -0.39 is 23.9 Å². The molecule has 2 aromatic carbocycles. The van der Waals surface area contributed by atoms with Crippen LogP contribution in [0.3, 0.4) is 0 Å². The molecule has 0 radical (unpaired) electrons. The highest BCUT2D eigenvalue weighted by Gasteiger charge is 2.16. The zero-order valence-corrected chi connectivity index (χ0v) is 23.2. The summed E-state index contributed by atoms with van der Waals surface area (Å²) in [5, 5.41) is 35.5. The number of aromatic nitrogens is 1. The molecular weight excluding hydrogens is 571 g/mol. The van der Waals surface area contributed by atoms with E-state index in [0.29, 0.717) is 24.3 Å². The van der Waals surface area contributed by atoms with E-state index >= 15 is 0 Å². The first kappa shape index (κ1) is 33.5. The largest absolute Gasteiger partial charge is 0.478 e. The molecule has 4 rings (SSSR count). The molecule has 224 valence electrons. The minimum Gasteiger partial charge on any atom is -0.478 e. The molecule has 3 aromatic rings. The molecule has 1 aliphatic heterocycles. The maximum atomic E-state index is 13.3. The quantitative estimate of drug-likeness (QED) is 0.214. The lowest BCUT2D eigenvalue weighted by Gasteiger charge is -2.34. The number of anilines is 1. The lowest BCUT2D eigenvalue weighted by Crippen LogP contribution is -2.47. The van der Waals surface area contributed by atoms with Crippen molar-refractivity contribution >= 4 is 50.6 Å². The maximum Gasteiger partial charge on any atom is 0.328 e.